The summed E-state index contributed by atoms with van der Waals surface area (Å²) in [5.41, 5.74) is 6.04. The van der Waals surface area contributed by atoms with Crippen molar-refractivity contribution in [3.63, 3.8) is 0 Å². The van der Waals surface area contributed by atoms with Gasteiger partial charge in [0.15, 0.2) is 5.78 Å². The Balaban J connectivity index is 1.75. The first kappa shape index (κ1) is 20.7. The Hall–Kier alpha value is -3.24. The number of nitrogens with one attached hydrogen (secondary N) is 1. The van der Waals surface area contributed by atoms with Crippen LogP contribution in [0.25, 0.3) is 0 Å². The maximum Gasteiger partial charge on any atom is 0.163 e. The third kappa shape index (κ3) is 3.76. The lowest BCUT2D eigenvalue weighted by atomic mass is 9.85. The molecule has 3 aromatic carbocycles. The molecule has 0 fully saturated rings. The molecule has 162 valence electrons. The highest BCUT2D eigenvalue weighted by Crippen LogP contribution is 2.47. The number of anilines is 2. The Morgan fingerprint density at radius 2 is 1.75 bits per heavy atom. The normalized spacial score (nSPS) is 17.9. The second-order valence-corrected chi connectivity index (χ2v) is 8.65. The molecule has 1 aliphatic heterocycles. The van der Waals surface area contributed by atoms with Crippen LogP contribution in [-0.4, -0.2) is 12.9 Å². The monoisotopic (exact) mass is 444 g/mol. The molecule has 0 spiro atoms. The SMILES string of the molecule is COc1ccccc1C1C2=C(CCCC2=O)Nc2ccccc2N1Cc1ccc(Cl)cc1. The number of halogens is 1. The molecule has 1 aliphatic carbocycles. The molecular weight excluding hydrogens is 420 g/mol. The van der Waals surface area contributed by atoms with Gasteiger partial charge < -0.3 is 15.0 Å². The molecule has 1 unspecified atom stereocenters. The van der Waals surface area contributed by atoms with Crippen LogP contribution in [0.5, 0.6) is 5.75 Å². The minimum atomic E-state index is -0.263. The van der Waals surface area contributed by atoms with Crippen molar-refractivity contribution in [3.05, 3.63) is 100 Å². The molecule has 0 saturated carbocycles. The topological polar surface area (TPSA) is 41.6 Å². The average molecular weight is 445 g/mol. The number of Topliss-reactive ketones (excluding diaryl/α,β-unsaturated/α-hetero) is 1. The van der Waals surface area contributed by atoms with E-state index in [4.69, 9.17) is 16.3 Å². The van der Waals surface area contributed by atoms with E-state index >= 15 is 0 Å². The number of allylic oxidation sites excluding steroid dienone is 1. The number of rotatable bonds is 4. The number of benzene rings is 3. The van der Waals surface area contributed by atoms with E-state index < -0.39 is 0 Å². The standard InChI is InChI=1S/C27H25ClN2O2/c1-32-25-12-5-2-7-20(25)27-26-22(9-6-11-24(26)31)29-21-8-3-4-10-23(21)30(27)17-18-13-15-19(28)16-14-18/h2-5,7-8,10,12-16,27,29H,6,9,11,17H2,1H3. The van der Waals surface area contributed by atoms with Crippen LogP contribution in [0.1, 0.15) is 36.4 Å². The molecular formula is C27H25ClN2O2. The van der Waals surface area contributed by atoms with Gasteiger partial charge in [0.25, 0.3) is 0 Å². The molecule has 5 heteroatoms. The van der Waals surface area contributed by atoms with E-state index in [2.05, 4.69) is 28.4 Å². The molecule has 0 amide bonds. The summed E-state index contributed by atoms with van der Waals surface area (Å²) >= 11 is 6.14. The molecule has 0 aromatic heterocycles. The van der Waals surface area contributed by atoms with Gasteiger partial charge >= 0.3 is 0 Å². The Labute approximate surface area is 193 Å². The molecule has 0 bridgehead atoms. The van der Waals surface area contributed by atoms with E-state index in [1.165, 1.54) is 0 Å². The van der Waals surface area contributed by atoms with Gasteiger partial charge in [-0.3, -0.25) is 4.79 Å². The van der Waals surface area contributed by atoms with Gasteiger partial charge in [-0.15, -0.1) is 0 Å². The highest BCUT2D eigenvalue weighted by Gasteiger charge is 2.37. The first-order chi connectivity index (χ1) is 15.7. The van der Waals surface area contributed by atoms with E-state index in [0.717, 1.165) is 52.4 Å². The maximum absolute atomic E-state index is 13.4. The molecule has 5 rings (SSSR count). The van der Waals surface area contributed by atoms with Crippen LogP contribution < -0.4 is 15.0 Å². The average Bonchev–Trinajstić information content (AvgIpc) is 2.95. The summed E-state index contributed by atoms with van der Waals surface area (Å²) in [6, 6.07) is 23.9. The van der Waals surface area contributed by atoms with Crippen molar-refractivity contribution in [2.75, 3.05) is 17.3 Å². The third-order valence-electron chi connectivity index (χ3n) is 6.24. The lowest BCUT2D eigenvalue weighted by Gasteiger charge is -2.36. The third-order valence-corrected chi connectivity index (χ3v) is 6.49. The summed E-state index contributed by atoms with van der Waals surface area (Å²) in [6.45, 7) is 0.628. The lowest BCUT2D eigenvalue weighted by Crippen LogP contribution is -2.33. The minimum Gasteiger partial charge on any atom is -0.496 e. The van der Waals surface area contributed by atoms with Crippen molar-refractivity contribution < 1.29 is 9.53 Å². The van der Waals surface area contributed by atoms with Crippen LogP contribution in [0.4, 0.5) is 11.4 Å². The number of carbonyl (C=O) groups is 1. The summed E-state index contributed by atoms with van der Waals surface area (Å²) in [4.78, 5) is 15.7. The molecule has 4 nitrogen and oxygen atoms in total. The molecule has 1 heterocycles. The number of carbonyl (C=O) groups excluding carboxylic acids is 1. The molecule has 3 aromatic rings. The van der Waals surface area contributed by atoms with E-state index in [0.29, 0.717) is 18.0 Å². The second-order valence-electron chi connectivity index (χ2n) is 8.21. The summed E-state index contributed by atoms with van der Waals surface area (Å²) in [5, 5.41) is 4.32. The zero-order valence-electron chi connectivity index (χ0n) is 18.0. The molecule has 2 aliphatic rings. The van der Waals surface area contributed by atoms with Crippen molar-refractivity contribution in [2.24, 2.45) is 0 Å². The summed E-state index contributed by atoms with van der Waals surface area (Å²) in [6.07, 6.45) is 2.29. The summed E-state index contributed by atoms with van der Waals surface area (Å²) < 4.78 is 5.76. The van der Waals surface area contributed by atoms with Gasteiger partial charge in [0.1, 0.15) is 5.75 Å². The van der Waals surface area contributed by atoms with Crippen LogP contribution in [0.15, 0.2) is 84.1 Å². The van der Waals surface area contributed by atoms with Crippen LogP contribution in [0.2, 0.25) is 5.02 Å². The number of hydrogen-bond donors (Lipinski definition) is 1. The Kier molecular flexibility index (Phi) is 5.62. The highest BCUT2D eigenvalue weighted by atomic mass is 35.5. The number of para-hydroxylation sites is 3. The zero-order chi connectivity index (χ0) is 22.1. The summed E-state index contributed by atoms with van der Waals surface area (Å²) in [7, 11) is 1.68. The number of ether oxygens (including phenoxy) is 1. The molecule has 1 atom stereocenters. The number of hydrogen-bond acceptors (Lipinski definition) is 4. The Morgan fingerprint density at radius 3 is 2.56 bits per heavy atom. The van der Waals surface area contributed by atoms with Gasteiger partial charge in [0.2, 0.25) is 0 Å². The second kappa shape index (κ2) is 8.71. The first-order valence-electron chi connectivity index (χ1n) is 10.9. The Morgan fingerprint density at radius 1 is 1.00 bits per heavy atom. The van der Waals surface area contributed by atoms with Gasteiger partial charge in [0.05, 0.1) is 24.5 Å². The van der Waals surface area contributed by atoms with Crippen LogP contribution in [0, 0.1) is 0 Å². The quantitative estimate of drug-likeness (QED) is 0.496. The van der Waals surface area contributed by atoms with Gasteiger partial charge in [-0.25, -0.2) is 0 Å². The first-order valence-corrected chi connectivity index (χ1v) is 11.3. The van der Waals surface area contributed by atoms with Crippen molar-refractivity contribution in [1.29, 1.82) is 0 Å². The van der Waals surface area contributed by atoms with E-state index in [9.17, 15) is 4.79 Å². The number of methoxy groups -OCH3 is 1. The predicted octanol–water partition coefficient (Wildman–Crippen LogP) is 6.53. The highest BCUT2D eigenvalue weighted by molar-refractivity contribution is 6.30. The molecule has 0 saturated heterocycles. The molecule has 32 heavy (non-hydrogen) atoms. The van der Waals surface area contributed by atoms with Crippen LogP contribution in [0.3, 0.4) is 0 Å². The largest absolute Gasteiger partial charge is 0.496 e. The van der Waals surface area contributed by atoms with Crippen molar-refractivity contribution >= 4 is 28.8 Å². The molecule has 0 radical (unpaired) electrons. The molecule has 1 N–H and O–H groups in total. The fraction of sp³-hybridized carbons (Fsp3) is 0.222. The zero-order valence-corrected chi connectivity index (χ0v) is 18.7. The van der Waals surface area contributed by atoms with Crippen molar-refractivity contribution in [3.8, 4) is 5.75 Å². The minimum absolute atomic E-state index is 0.198. The van der Waals surface area contributed by atoms with Crippen LogP contribution in [-0.2, 0) is 11.3 Å². The maximum atomic E-state index is 13.4. The number of fused-ring (bicyclic) bond motifs is 1. The van der Waals surface area contributed by atoms with Gasteiger partial charge in [-0.05, 0) is 48.7 Å². The lowest BCUT2D eigenvalue weighted by molar-refractivity contribution is -0.116. The van der Waals surface area contributed by atoms with Crippen LogP contribution >= 0.6 is 11.6 Å². The smallest absolute Gasteiger partial charge is 0.163 e. The van der Waals surface area contributed by atoms with Gasteiger partial charge in [-0.2, -0.15) is 0 Å². The van der Waals surface area contributed by atoms with E-state index in [-0.39, 0.29) is 11.8 Å². The number of nitrogens with zero attached hydrogens (tertiary/aromatic N) is 1. The summed E-state index contributed by atoms with van der Waals surface area (Å²) in [5.74, 6) is 0.978. The fourth-order valence-corrected chi connectivity index (χ4v) is 4.90. The van der Waals surface area contributed by atoms with Crippen molar-refractivity contribution in [2.45, 2.75) is 31.8 Å². The van der Waals surface area contributed by atoms with E-state index in [1.807, 2.05) is 54.6 Å². The number of ketones is 1. The Bertz CT molecular complexity index is 1190. The predicted molar refractivity (Wildman–Crippen MR) is 129 cm³/mol. The van der Waals surface area contributed by atoms with Gasteiger partial charge in [-0.1, -0.05) is 54.1 Å². The fourth-order valence-electron chi connectivity index (χ4n) is 4.78. The van der Waals surface area contributed by atoms with Gasteiger partial charge in [0, 0.05) is 34.8 Å². The van der Waals surface area contributed by atoms with E-state index in [1.54, 1.807) is 7.11 Å². The van der Waals surface area contributed by atoms with Crippen molar-refractivity contribution in [1.82, 2.24) is 0 Å².